The fraction of sp³-hybridized carbons (Fsp3) is 1.00. The second-order valence-corrected chi connectivity index (χ2v) is 6.41. The van der Waals surface area contributed by atoms with Crippen molar-refractivity contribution in [2.75, 3.05) is 26.3 Å². The molecule has 1 rings (SSSR count). The van der Waals surface area contributed by atoms with E-state index in [9.17, 15) is 0 Å². The van der Waals surface area contributed by atoms with Gasteiger partial charge >= 0.3 is 0 Å². The highest BCUT2D eigenvalue weighted by molar-refractivity contribution is 8.00. The van der Waals surface area contributed by atoms with Gasteiger partial charge in [-0.15, -0.1) is 0 Å². The molecule has 1 fully saturated rings. The van der Waals surface area contributed by atoms with Crippen LogP contribution in [0.2, 0.25) is 0 Å². The Morgan fingerprint density at radius 3 is 2.75 bits per heavy atom. The number of ether oxygens (including phenoxy) is 1. The highest BCUT2D eigenvalue weighted by Gasteiger charge is 2.16. The van der Waals surface area contributed by atoms with Gasteiger partial charge < -0.3 is 10.1 Å². The first-order chi connectivity index (χ1) is 7.83. The van der Waals surface area contributed by atoms with Gasteiger partial charge in [0.25, 0.3) is 0 Å². The highest BCUT2D eigenvalue weighted by atomic mass is 32.2. The molecule has 1 aliphatic rings. The van der Waals surface area contributed by atoms with E-state index in [2.05, 4.69) is 30.9 Å². The van der Waals surface area contributed by atoms with E-state index in [0.29, 0.717) is 0 Å². The lowest BCUT2D eigenvalue weighted by Crippen LogP contribution is -2.27. The first-order valence-corrected chi connectivity index (χ1v) is 7.71. The molecular weight excluding hydrogens is 218 g/mol. The molecule has 1 atom stereocenters. The normalized spacial score (nSPS) is 19.9. The minimum Gasteiger partial charge on any atom is -0.381 e. The van der Waals surface area contributed by atoms with E-state index in [4.69, 9.17) is 4.74 Å². The van der Waals surface area contributed by atoms with E-state index in [1.807, 2.05) is 0 Å². The first kappa shape index (κ1) is 14.3. The molecule has 0 amide bonds. The maximum atomic E-state index is 5.38. The number of rotatable bonds is 8. The van der Waals surface area contributed by atoms with E-state index >= 15 is 0 Å². The molecule has 3 heteroatoms. The van der Waals surface area contributed by atoms with Gasteiger partial charge in [-0.05, 0) is 25.8 Å². The van der Waals surface area contributed by atoms with Crippen molar-refractivity contribution in [3.8, 4) is 0 Å². The highest BCUT2D eigenvalue weighted by Crippen LogP contribution is 2.25. The fourth-order valence-electron chi connectivity index (χ4n) is 1.99. The maximum Gasteiger partial charge on any atom is 0.0476 e. The number of hydrogen-bond acceptors (Lipinski definition) is 3. The Bertz CT molecular complexity index is 160. The summed E-state index contributed by atoms with van der Waals surface area (Å²) < 4.78 is 5.38. The zero-order valence-corrected chi connectivity index (χ0v) is 11.7. The summed E-state index contributed by atoms with van der Waals surface area (Å²) in [5.41, 5.74) is 0. The summed E-state index contributed by atoms with van der Waals surface area (Å²) in [5, 5.41) is 5.13. The lowest BCUT2D eigenvalue weighted by Gasteiger charge is -2.24. The number of thioether (sulfide) groups is 1. The summed E-state index contributed by atoms with van der Waals surface area (Å²) in [4.78, 5) is 0. The van der Waals surface area contributed by atoms with Crippen LogP contribution < -0.4 is 5.32 Å². The van der Waals surface area contributed by atoms with Gasteiger partial charge in [0, 0.05) is 30.3 Å². The van der Waals surface area contributed by atoms with Gasteiger partial charge in [-0.25, -0.2) is 0 Å². The van der Waals surface area contributed by atoms with Crippen LogP contribution in [0.15, 0.2) is 0 Å². The molecule has 0 saturated carbocycles. The van der Waals surface area contributed by atoms with Crippen molar-refractivity contribution in [1.82, 2.24) is 5.32 Å². The second kappa shape index (κ2) is 9.32. The average molecular weight is 245 g/mol. The predicted octanol–water partition coefficient (Wildman–Crippen LogP) is 3.07. The van der Waals surface area contributed by atoms with Crippen LogP contribution >= 0.6 is 11.8 Å². The third kappa shape index (κ3) is 6.77. The largest absolute Gasteiger partial charge is 0.381 e. The maximum absolute atomic E-state index is 5.38. The lowest BCUT2D eigenvalue weighted by atomic mass is 10.2. The van der Waals surface area contributed by atoms with Gasteiger partial charge in [0.05, 0.1) is 0 Å². The molecular formula is C13H27NOS. The summed E-state index contributed by atoms with van der Waals surface area (Å²) in [5.74, 6) is 0. The molecule has 0 aromatic rings. The van der Waals surface area contributed by atoms with E-state index in [1.165, 1.54) is 38.6 Å². The first-order valence-electron chi connectivity index (χ1n) is 6.77. The topological polar surface area (TPSA) is 21.3 Å². The molecule has 1 saturated heterocycles. The molecule has 16 heavy (non-hydrogen) atoms. The van der Waals surface area contributed by atoms with Crippen LogP contribution in [0.1, 0.15) is 46.0 Å². The molecule has 1 heterocycles. The van der Waals surface area contributed by atoms with Crippen molar-refractivity contribution in [2.24, 2.45) is 0 Å². The quantitative estimate of drug-likeness (QED) is 0.664. The van der Waals surface area contributed by atoms with Gasteiger partial charge in [0.15, 0.2) is 0 Å². The van der Waals surface area contributed by atoms with Crippen LogP contribution in [0.4, 0.5) is 0 Å². The predicted molar refractivity (Wildman–Crippen MR) is 73.3 cm³/mol. The van der Waals surface area contributed by atoms with Crippen molar-refractivity contribution in [1.29, 1.82) is 0 Å². The SMILES string of the molecule is CCCCCNCC(C)SC1CCOCC1. The molecule has 1 N–H and O–H groups in total. The molecule has 0 aromatic heterocycles. The third-order valence-corrected chi connectivity index (χ3v) is 4.47. The van der Waals surface area contributed by atoms with Crippen molar-refractivity contribution < 1.29 is 4.74 Å². The molecule has 0 aromatic carbocycles. The van der Waals surface area contributed by atoms with Crippen LogP contribution in [0, 0.1) is 0 Å². The Morgan fingerprint density at radius 1 is 1.31 bits per heavy atom. The molecule has 96 valence electrons. The summed E-state index contributed by atoms with van der Waals surface area (Å²) in [6.45, 7) is 8.87. The van der Waals surface area contributed by atoms with E-state index in [0.717, 1.165) is 30.3 Å². The molecule has 0 radical (unpaired) electrons. The van der Waals surface area contributed by atoms with Gasteiger partial charge in [-0.1, -0.05) is 26.7 Å². The zero-order valence-electron chi connectivity index (χ0n) is 10.8. The zero-order chi connectivity index (χ0) is 11.6. The standard InChI is InChI=1S/C13H27NOS/c1-3-4-5-8-14-11-12(2)16-13-6-9-15-10-7-13/h12-14H,3-11H2,1-2H3. The van der Waals surface area contributed by atoms with E-state index < -0.39 is 0 Å². The molecule has 0 aliphatic carbocycles. The summed E-state index contributed by atoms with van der Waals surface area (Å²) >= 11 is 2.14. The minimum absolute atomic E-state index is 0.740. The van der Waals surface area contributed by atoms with Crippen LogP contribution in [0.3, 0.4) is 0 Å². The van der Waals surface area contributed by atoms with Crippen LogP contribution in [-0.2, 0) is 4.74 Å². The number of hydrogen-bond donors (Lipinski definition) is 1. The number of unbranched alkanes of at least 4 members (excludes halogenated alkanes) is 2. The Balaban J connectivity index is 1.95. The molecule has 1 unspecified atom stereocenters. The van der Waals surface area contributed by atoms with Crippen molar-refractivity contribution >= 4 is 11.8 Å². The van der Waals surface area contributed by atoms with Crippen molar-refractivity contribution in [3.05, 3.63) is 0 Å². The van der Waals surface area contributed by atoms with E-state index in [1.54, 1.807) is 0 Å². The number of nitrogens with one attached hydrogen (secondary N) is 1. The Labute approximate surface area is 105 Å². The van der Waals surface area contributed by atoms with Crippen LogP contribution in [-0.4, -0.2) is 36.8 Å². The Hall–Kier alpha value is 0.270. The van der Waals surface area contributed by atoms with E-state index in [-0.39, 0.29) is 0 Å². The van der Waals surface area contributed by atoms with Crippen LogP contribution in [0.5, 0.6) is 0 Å². The summed E-state index contributed by atoms with van der Waals surface area (Å²) in [7, 11) is 0. The van der Waals surface area contributed by atoms with Gasteiger partial charge in [0.1, 0.15) is 0 Å². The Morgan fingerprint density at radius 2 is 2.06 bits per heavy atom. The monoisotopic (exact) mass is 245 g/mol. The smallest absolute Gasteiger partial charge is 0.0476 e. The molecule has 2 nitrogen and oxygen atoms in total. The van der Waals surface area contributed by atoms with Crippen LogP contribution in [0.25, 0.3) is 0 Å². The summed E-state index contributed by atoms with van der Waals surface area (Å²) in [6.07, 6.45) is 6.48. The minimum atomic E-state index is 0.740. The van der Waals surface area contributed by atoms with Crippen molar-refractivity contribution in [2.45, 2.75) is 56.5 Å². The third-order valence-electron chi connectivity index (χ3n) is 2.98. The molecule has 1 aliphatic heterocycles. The molecule has 0 spiro atoms. The second-order valence-electron chi connectivity index (χ2n) is 4.67. The van der Waals surface area contributed by atoms with Crippen molar-refractivity contribution in [3.63, 3.8) is 0 Å². The lowest BCUT2D eigenvalue weighted by molar-refractivity contribution is 0.0999. The fourth-order valence-corrected chi connectivity index (χ4v) is 3.33. The Kier molecular flexibility index (Phi) is 8.34. The summed E-state index contributed by atoms with van der Waals surface area (Å²) in [6, 6.07) is 0. The van der Waals surface area contributed by atoms with Gasteiger partial charge in [-0.2, -0.15) is 11.8 Å². The van der Waals surface area contributed by atoms with Gasteiger partial charge in [0.2, 0.25) is 0 Å². The molecule has 0 bridgehead atoms. The average Bonchev–Trinajstić information content (AvgIpc) is 2.30. The van der Waals surface area contributed by atoms with Gasteiger partial charge in [-0.3, -0.25) is 0 Å².